The molecule has 1 saturated carbocycles. The highest BCUT2D eigenvalue weighted by Gasteiger charge is 2.28. The van der Waals surface area contributed by atoms with E-state index in [-0.39, 0.29) is 11.5 Å². The predicted molar refractivity (Wildman–Crippen MR) is 67.5 cm³/mol. The van der Waals surface area contributed by atoms with Gasteiger partial charge in [-0.3, -0.25) is 9.89 Å². The molecule has 3 N–H and O–H groups in total. The number of aromatic carboxylic acids is 1. The minimum absolute atomic E-state index is 0.0422. The summed E-state index contributed by atoms with van der Waals surface area (Å²) in [4.78, 5) is 30.5. The van der Waals surface area contributed by atoms with Crippen LogP contribution in [0.5, 0.6) is 0 Å². The van der Waals surface area contributed by atoms with Crippen LogP contribution in [0, 0.1) is 0 Å². The first kappa shape index (κ1) is 12.3. The molecule has 1 fully saturated rings. The second-order valence-electron chi connectivity index (χ2n) is 4.51. The lowest BCUT2D eigenvalue weighted by atomic mass is 10.3. The second-order valence-corrected chi connectivity index (χ2v) is 4.51. The van der Waals surface area contributed by atoms with Crippen molar-refractivity contribution >= 4 is 17.6 Å². The number of amides is 1. The average molecular weight is 273 g/mol. The van der Waals surface area contributed by atoms with Gasteiger partial charge in [0.1, 0.15) is 11.5 Å². The Bertz CT molecular complexity index is 677. The number of nitrogens with zero attached hydrogens (tertiary/aromatic N) is 3. The van der Waals surface area contributed by atoms with E-state index >= 15 is 0 Å². The number of aromatic nitrogens is 4. The Morgan fingerprint density at radius 1 is 1.40 bits per heavy atom. The summed E-state index contributed by atoms with van der Waals surface area (Å²) < 4.78 is 0. The maximum absolute atomic E-state index is 11.9. The molecule has 2 heterocycles. The van der Waals surface area contributed by atoms with Crippen LogP contribution in [0.3, 0.4) is 0 Å². The second kappa shape index (κ2) is 4.72. The molecule has 0 saturated heterocycles. The Morgan fingerprint density at radius 2 is 2.20 bits per heavy atom. The largest absolute Gasteiger partial charge is 0.477 e. The topological polar surface area (TPSA) is 121 Å². The summed E-state index contributed by atoms with van der Waals surface area (Å²) in [6, 6.07) is 2.77. The molecule has 0 atom stereocenters. The number of hydrogen-bond donors (Lipinski definition) is 3. The zero-order valence-corrected chi connectivity index (χ0v) is 10.3. The third-order valence-electron chi connectivity index (χ3n) is 2.91. The van der Waals surface area contributed by atoms with Crippen molar-refractivity contribution in [2.45, 2.75) is 18.8 Å². The number of anilines is 1. The number of nitrogens with one attached hydrogen (secondary N) is 2. The van der Waals surface area contributed by atoms with Crippen molar-refractivity contribution in [3.8, 4) is 0 Å². The number of carboxylic acids is 1. The number of rotatable bonds is 4. The van der Waals surface area contributed by atoms with Crippen LogP contribution < -0.4 is 5.32 Å². The smallest absolute Gasteiger partial charge is 0.354 e. The average Bonchev–Trinajstić information content (AvgIpc) is 3.16. The Kier molecular flexibility index (Phi) is 2.90. The number of hydrogen-bond acceptors (Lipinski definition) is 5. The quantitative estimate of drug-likeness (QED) is 0.764. The van der Waals surface area contributed by atoms with Crippen LogP contribution in [0.1, 0.15) is 45.7 Å². The fourth-order valence-electron chi connectivity index (χ4n) is 1.73. The fourth-order valence-corrected chi connectivity index (χ4v) is 1.73. The Hall–Kier alpha value is -2.77. The van der Waals surface area contributed by atoms with Crippen LogP contribution in [-0.4, -0.2) is 37.1 Å². The molecule has 1 amide bonds. The molecule has 2 aromatic rings. The van der Waals surface area contributed by atoms with Gasteiger partial charge >= 0.3 is 5.97 Å². The minimum atomic E-state index is -1.16. The van der Waals surface area contributed by atoms with E-state index in [0.717, 1.165) is 18.7 Å². The van der Waals surface area contributed by atoms with E-state index in [1.807, 2.05) is 0 Å². The van der Waals surface area contributed by atoms with Crippen molar-refractivity contribution in [2.75, 3.05) is 5.32 Å². The molecular weight excluding hydrogens is 262 g/mol. The van der Waals surface area contributed by atoms with Crippen LogP contribution >= 0.6 is 0 Å². The van der Waals surface area contributed by atoms with Crippen LogP contribution in [0.4, 0.5) is 5.69 Å². The van der Waals surface area contributed by atoms with E-state index < -0.39 is 11.9 Å². The standard InChI is InChI=1S/C12H11N5O3/c18-11(10-15-9(16-17-10)6-1-2-6)14-7-3-4-13-8(5-7)12(19)20/h3-6H,1-2H2,(H,19,20)(H,13,14,18)(H,15,16,17). The molecule has 8 nitrogen and oxygen atoms in total. The summed E-state index contributed by atoms with van der Waals surface area (Å²) in [5.41, 5.74) is 0.191. The summed E-state index contributed by atoms with van der Waals surface area (Å²) in [6.45, 7) is 0. The summed E-state index contributed by atoms with van der Waals surface area (Å²) in [5, 5.41) is 18.0. The van der Waals surface area contributed by atoms with Crippen LogP contribution in [0.25, 0.3) is 0 Å². The van der Waals surface area contributed by atoms with E-state index in [0.29, 0.717) is 11.6 Å². The molecule has 102 valence electrons. The van der Waals surface area contributed by atoms with Crippen molar-refractivity contribution in [1.29, 1.82) is 0 Å². The molecule has 0 radical (unpaired) electrons. The van der Waals surface area contributed by atoms with E-state index in [9.17, 15) is 9.59 Å². The SMILES string of the molecule is O=C(O)c1cc(NC(=O)c2n[nH]c(C3CC3)n2)ccn1. The molecule has 8 heteroatoms. The van der Waals surface area contributed by atoms with Gasteiger partial charge in [-0.1, -0.05) is 0 Å². The maximum Gasteiger partial charge on any atom is 0.354 e. The first-order chi connectivity index (χ1) is 9.63. The van der Waals surface area contributed by atoms with E-state index in [1.54, 1.807) is 0 Å². The third kappa shape index (κ3) is 2.48. The van der Waals surface area contributed by atoms with Crippen LogP contribution in [0.2, 0.25) is 0 Å². The zero-order chi connectivity index (χ0) is 14.1. The van der Waals surface area contributed by atoms with Gasteiger partial charge in [0, 0.05) is 17.8 Å². The van der Waals surface area contributed by atoms with Gasteiger partial charge in [0.25, 0.3) is 5.91 Å². The minimum Gasteiger partial charge on any atom is -0.477 e. The van der Waals surface area contributed by atoms with Gasteiger partial charge < -0.3 is 10.4 Å². The molecule has 2 aromatic heterocycles. The van der Waals surface area contributed by atoms with Gasteiger partial charge in [0.15, 0.2) is 0 Å². The summed E-state index contributed by atoms with van der Waals surface area (Å²) in [5.74, 6) is -0.508. The lowest BCUT2D eigenvalue weighted by Gasteiger charge is -2.02. The van der Waals surface area contributed by atoms with Crippen molar-refractivity contribution in [3.05, 3.63) is 35.7 Å². The van der Waals surface area contributed by atoms with Crippen molar-refractivity contribution < 1.29 is 14.7 Å². The van der Waals surface area contributed by atoms with E-state index in [1.165, 1.54) is 18.3 Å². The van der Waals surface area contributed by atoms with Gasteiger partial charge in [0.2, 0.25) is 5.82 Å². The molecule has 20 heavy (non-hydrogen) atoms. The van der Waals surface area contributed by atoms with E-state index in [4.69, 9.17) is 5.11 Å². The normalized spacial score (nSPS) is 14.0. The number of carbonyl (C=O) groups is 2. The summed E-state index contributed by atoms with van der Waals surface area (Å²) in [6.07, 6.45) is 3.43. The molecule has 0 aromatic carbocycles. The predicted octanol–water partition coefficient (Wildman–Crippen LogP) is 1.03. The number of H-pyrrole nitrogens is 1. The van der Waals surface area contributed by atoms with Gasteiger partial charge in [-0.2, -0.15) is 0 Å². The maximum atomic E-state index is 11.9. The molecule has 1 aliphatic rings. The van der Waals surface area contributed by atoms with Gasteiger partial charge in [-0.05, 0) is 25.0 Å². The molecule has 1 aliphatic carbocycles. The van der Waals surface area contributed by atoms with Crippen molar-refractivity contribution in [3.63, 3.8) is 0 Å². The lowest BCUT2D eigenvalue weighted by Crippen LogP contribution is -2.14. The molecule has 3 rings (SSSR count). The van der Waals surface area contributed by atoms with Gasteiger partial charge in [-0.25, -0.2) is 14.8 Å². The Labute approximate surface area is 113 Å². The van der Waals surface area contributed by atoms with Crippen LogP contribution in [0.15, 0.2) is 18.3 Å². The summed E-state index contributed by atoms with van der Waals surface area (Å²) >= 11 is 0. The van der Waals surface area contributed by atoms with Crippen molar-refractivity contribution in [2.24, 2.45) is 0 Å². The van der Waals surface area contributed by atoms with E-state index in [2.05, 4.69) is 25.5 Å². The lowest BCUT2D eigenvalue weighted by molar-refractivity contribution is 0.0690. The molecule has 0 unspecified atom stereocenters. The highest BCUT2D eigenvalue weighted by atomic mass is 16.4. The highest BCUT2D eigenvalue weighted by molar-refractivity contribution is 6.02. The number of carboxylic acid groups (broad SMARTS) is 1. The number of aromatic amines is 1. The highest BCUT2D eigenvalue weighted by Crippen LogP contribution is 2.37. The zero-order valence-electron chi connectivity index (χ0n) is 10.3. The molecular formula is C12H11N5O3. The first-order valence-electron chi connectivity index (χ1n) is 6.06. The van der Waals surface area contributed by atoms with Gasteiger partial charge in [-0.15, -0.1) is 5.10 Å². The molecule has 0 aliphatic heterocycles. The van der Waals surface area contributed by atoms with Gasteiger partial charge in [0.05, 0.1) is 0 Å². The summed E-state index contributed by atoms with van der Waals surface area (Å²) in [7, 11) is 0. The monoisotopic (exact) mass is 273 g/mol. The third-order valence-corrected chi connectivity index (χ3v) is 2.91. The molecule has 0 bridgehead atoms. The Balaban J connectivity index is 1.74. The van der Waals surface area contributed by atoms with Crippen molar-refractivity contribution in [1.82, 2.24) is 20.2 Å². The molecule has 0 spiro atoms. The first-order valence-corrected chi connectivity index (χ1v) is 6.06. The fraction of sp³-hybridized carbons (Fsp3) is 0.250. The number of pyridine rings is 1. The van der Waals surface area contributed by atoms with Crippen LogP contribution in [-0.2, 0) is 0 Å². The Morgan fingerprint density at radius 3 is 2.90 bits per heavy atom. The number of carbonyl (C=O) groups excluding carboxylic acids is 1.